The van der Waals surface area contributed by atoms with Crippen molar-refractivity contribution in [2.75, 3.05) is 39.8 Å². The summed E-state index contributed by atoms with van der Waals surface area (Å²) in [6, 6.07) is 1.64. The molecule has 3 heteroatoms. The quantitative estimate of drug-likeness (QED) is 0.797. The summed E-state index contributed by atoms with van der Waals surface area (Å²) in [6.45, 7) is 8.64. The van der Waals surface area contributed by atoms with Gasteiger partial charge in [0.15, 0.2) is 0 Å². The highest BCUT2D eigenvalue weighted by Crippen LogP contribution is 2.17. The molecule has 2 heterocycles. The van der Waals surface area contributed by atoms with Crippen LogP contribution < -0.4 is 5.32 Å². The molecule has 2 aliphatic heterocycles. The van der Waals surface area contributed by atoms with Gasteiger partial charge >= 0.3 is 0 Å². The lowest BCUT2D eigenvalue weighted by Gasteiger charge is -2.36. The third-order valence-electron chi connectivity index (χ3n) is 5.10. The van der Waals surface area contributed by atoms with Crippen LogP contribution in [0.4, 0.5) is 0 Å². The molecule has 0 aromatic carbocycles. The van der Waals surface area contributed by atoms with Crippen molar-refractivity contribution in [2.45, 2.75) is 64.0 Å². The molecule has 0 aromatic rings. The van der Waals surface area contributed by atoms with E-state index in [1.807, 2.05) is 0 Å². The second-order valence-electron chi connectivity index (χ2n) is 6.44. The Morgan fingerprint density at radius 2 is 1.95 bits per heavy atom. The monoisotopic (exact) mass is 267 g/mol. The van der Waals surface area contributed by atoms with Crippen LogP contribution >= 0.6 is 0 Å². The van der Waals surface area contributed by atoms with Crippen molar-refractivity contribution >= 4 is 0 Å². The molecular formula is C16H33N3. The van der Waals surface area contributed by atoms with Crippen LogP contribution in [-0.4, -0.2) is 61.7 Å². The molecule has 0 aromatic heterocycles. The highest BCUT2D eigenvalue weighted by atomic mass is 15.2. The van der Waals surface area contributed by atoms with E-state index in [1.165, 1.54) is 77.7 Å². The summed E-state index contributed by atoms with van der Waals surface area (Å²) >= 11 is 0. The average molecular weight is 267 g/mol. The van der Waals surface area contributed by atoms with Gasteiger partial charge in [-0.2, -0.15) is 0 Å². The third-order valence-corrected chi connectivity index (χ3v) is 5.10. The summed E-state index contributed by atoms with van der Waals surface area (Å²) in [4.78, 5) is 5.20. The summed E-state index contributed by atoms with van der Waals surface area (Å²) in [6.07, 6.45) is 9.69. The Balaban J connectivity index is 1.57. The van der Waals surface area contributed by atoms with Crippen LogP contribution in [0.5, 0.6) is 0 Å². The maximum atomic E-state index is 3.66. The predicted octanol–water partition coefficient (Wildman–Crippen LogP) is 2.32. The Labute approximate surface area is 119 Å². The molecule has 1 unspecified atom stereocenters. The fourth-order valence-corrected chi connectivity index (χ4v) is 3.62. The molecule has 0 spiro atoms. The number of rotatable bonds is 6. The lowest BCUT2D eigenvalue weighted by Crippen LogP contribution is -2.43. The third kappa shape index (κ3) is 5.05. The Morgan fingerprint density at radius 3 is 2.58 bits per heavy atom. The molecule has 0 radical (unpaired) electrons. The van der Waals surface area contributed by atoms with E-state index in [2.05, 4.69) is 29.1 Å². The molecule has 2 fully saturated rings. The summed E-state index contributed by atoms with van der Waals surface area (Å²) in [5, 5.41) is 3.66. The van der Waals surface area contributed by atoms with E-state index >= 15 is 0 Å². The lowest BCUT2D eigenvalue weighted by atomic mass is 9.99. The molecule has 0 amide bonds. The largest absolute Gasteiger partial charge is 0.314 e. The first-order chi connectivity index (χ1) is 9.29. The van der Waals surface area contributed by atoms with Crippen molar-refractivity contribution in [2.24, 2.45) is 0 Å². The highest BCUT2D eigenvalue weighted by Gasteiger charge is 2.21. The molecule has 1 N–H and O–H groups in total. The van der Waals surface area contributed by atoms with Gasteiger partial charge < -0.3 is 15.1 Å². The van der Waals surface area contributed by atoms with E-state index in [0.29, 0.717) is 0 Å². The number of nitrogens with one attached hydrogen (secondary N) is 1. The maximum absolute atomic E-state index is 3.66. The van der Waals surface area contributed by atoms with Crippen molar-refractivity contribution in [3.8, 4) is 0 Å². The second kappa shape index (κ2) is 8.23. The van der Waals surface area contributed by atoms with Gasteiger partial charge in [-0.1, -0.05) is 13.3 Å². The molecule has 2 rings (SSSR count). The number of hydrogen-bond acceptors (Lipinski definition) is 3. The fraction of sp³-hybridized carbons (Fsp3) is 1.00. The smallest absolute Gasteiger partial charge is 0.0117 e. The number of hydrogen-bond donors (Lipinski definition) is 1. The van der Waals surface area contributed by atoms with Crippen molar-refractivity contribution in [3.05, 3.63) is 0 Å². The van der Waals surface area contributed by atoms with Crippen LogP contribution in [0.15, 0.2) is 0 Å². The van der Waals surface area contributed by atoms with Crippen LogP contribution in [0.3, 0.4) is 0 Å². The van der Waals surface area contributed by atoms with Gasteiger partial charge in [-0.3, -0.25) is 0 Å². The molecule has 0 saturated carbocycles. The fourth-order valence-electron chi connectivity index (χ4n) is 3.62. The van der Waals surface area contributed by atoms with Gasteiger partial charge in [0, 0.05) is 12.1 Å². The lowest BCUT2D eigenvalue weighted by molar-refractivity contribution is 0.129. The Kier molecular flexibility index (Phi) is 6.62. The standard InChI is InChI=1S/C16H33N3/c1-3-19-13-9-16(10-14-19)18(2)12-6-8-15-7-4-5-11-17-15/h15-17H,3-14H2,1-2H3. The van der Waals surface area contributed by atoms with E-state index in [1.54, 1.807) is 0 Å². The minimum Gasteiger partial charge on any atom is -0.314 e. The first kappa shape index (κ1) is 15.3. The van der Waals surface area contributed by atoms with E-state index in [9.17, 15) is 0 Å². The minimum atomic E-state index is 0.809. The summed E-state index contributed by atoms with van der Waals surface area (Å²) in [5.74, 6) is 0. The molecule has 2 saturated heterocycles. The molecule has 1 atom stereocenters. The van der Waals surface area contributed by atoms with Crippen LogP contribution in [0.1, 0.15) is 51.9 Å². The van der Waals surface area contributed by atoms with E-state index in [4.69, 9.17) is 0 Å². The molecular weight excluding hydrogens is 234 g/mol. The zero-order valence-corrected chi connectivity index (χ0v) is 13.0. The summed E-state index contributed by atoms with van der Waals surface area (Å²) in [7, 11) is 2.33. The van der Waals surface area contributed by atoms with E-state index in [-0.39, 0.29) is 0 Å². The van der Waals surface area contributed by atoms with E-state index in [0.717, 1.165) is 12.1 Å². The maximum Gasteiger partial charge on any atom is 0.0117 e. The number of nitrogens with zero attached hydrogens (tertiary/aromatic N) is 2. The molecule has 112 valence electrons. The molecule has 2 aliphatic rings. The van der Waals surface area contributed by atoms with Crippen LogP contribution in [0.2, 0.25) is 0 Å². The molecule has 0 bridgehead atoms. The molecule has 3 nitrogen and oxygen atoms in total. The summed E-state index contributed by atoms with van der Waals surface area (Å²) in [5.41, 5.74) is 0. The predicted molar refractivity (Wildman–Crippen MR) is 82.6 cm³/mol. The Hall–Kier alpha value is -0.120. The van der Waals surface area contributed by atoms with Crippen LogP contribution in [0, 0.1) is 0 Å². The first-order valence-electron chi connectivity index (χ1n) is 8.45. The minimum absolute atomic E-state index is 0.809. The first-order valence-corrected chi connectivity index (χ1v) is 8.45. The van der Waals surface area contributed by atoms with Gasteiger partial charge in [0.1, 0.15) is 0 Å². The van der Waals surface area contributed by atoms with Crippen LogP contribution in [0.25, 0.3) is 0 Å². The zero-order valence-electron chi connectivity index (χ0n) is 13.0. The molecule has 0 aliphatic carbocycles. The second-order valence-corrected chi connectivity index (χ2v) is 6.44. The number of likely N-dealkylation sites (tertiary alicyclic amines) is 1. The van der Waals surface area contributed by atoms with Crippen molar-refractivity contribution < 1.29 is 0 Å². The van der Waals surface area contributed by atoms with Gasteiger partial charge in [-0.25, -0.2) is 0 Å². The topological polar surface area (TPSA) is 18.5 Å². The van der Waals surface area contributed by atoms with Crippen molar-refractivity contribution in [1.82, 2.24) is 15.1 Å². The molecule has 19 heavy (non-hydrogen) atoms. The average Bonchev–Trinajstić information content (AvgIpc) is 2.48. The highest BCUT2D eigenvalue weighted by molar-refractivity contribution is 4.78. The SMILES string of the molecule is CCN1CCC(N(C)CCCC2CCCCN2)CC1. The zero-order chi connectivity index (χ0) is 13.5. The van der Waals surface area contributed by atoms with E-state index < -0.39 is 0 Å². The van der Waals surface area contributed by atoms with Crippen molar-refractivity contribution in [1.29, 1.82) is 0 Å². The van der Waals surface area contributed by atoms with Gasteiger partial charge in [-0.05, 0) is 78.3 Å². The van der Waals surface area contributed by atoms with Gasteiger partial charge in [0.25, 0.3) is 0 Å². The van der Waals surface area contributed by atoms with Crippen molar-refractivity contribution in [3.63, 3.8) is 0 Å². The van der Waals surface area contributed by atoms with Crippen LogP contribution in [-0.2, 0) is 0 Å². The Bertz CT molecular complexity index is 230. The van der Waals surface area contributed by atoms with Gasteiger partial charge in [0.05, 0.1) is 0 Å². The summed E-state index contributed by atoms with van der Waals surface area (Å²) < 4.78 is 0. The van der Waals surface area contributed by atoms with Gasteiger partial charge in [-0.15, -0.1) is 0 Å². The Morgan fingerprint density at radius 1 is 1.16 bits per heavy atom. The van der Waals surface area contributed by atoms with Gasteiger partial charge in [0.2, 0.25) is 0 Å². The number of piperidine rings is 2. The normalized spacial score (nSPS) is 27.0.